The van der Waals surface area contributed by atoms with Crippen LogP contribution in [-0.2, 0) is 10.0 Å². The van der Waals surface area contributed by atoms with Gasteiger partial charge in [-0.25, -0.2) is 8.42 Å². The minimum absolute atomic E-state index is 0.187. The van der Waals surface area contributed by atoms with Gasteiger partial charge in [0, 0.05) is 10.7 Å². The number of halogens is 1. The third-order valence-electron chi connectivity index (χ3n) is 2.43. The molecule has 0 spiro atoms. The molecular formula is C13H12ClNO2S. The number of nitrogens with one attached hydrogen (secondary N) is 1. The molecule has 0 aliphatic carbocycles. The van der Waals surface area contributed by atoms with Crippen LogP contribution in [-0.4, -0.2) is 8.42 Å². The van der Waals surface area contributed by atoms with E-state index in [2.05, 4.69) is 4.72 Å². The Morgan fingerprint density at radius 1 is 0.944 bits per heavy atom. The Labute approximate surface area is 111 Å². The Kier molecular flexibility index (Phi) is 3.59. The quantitative estimate of drug-likeness (QED) is 0.937. The van der Waals surface area contributed by atoms with Crippen molar-refractivity contribution >= 4 is 27.3 Å². The van der Waals surface area contributed by atoms with Crippen molar-refractivity contribution < 1.29 is 8.42 Å². The van der Waals surface area contributed by atoms with Crippen molar-refractivity contribution in [3.63, 3.8) is 0 Å². The largest absolute Gasteiger partial charge is 0.280 e. The lowest BCUT2D eigenvalue weighted by Crippen LogP contribution is -2.12. The summed E-state index contributed by atoms with van der Waals surface area (Å²) in [6.07, 6.45) is 0. The lowest BCUT2D eigenvalue weighted by Gasteiger charge is -2.08. The van der Waals surface area contributed by atoms with E-state index in [1.165, 1.54) is 12.1 Å². The van der Waals surface area contributed by atoms with E-state index in [4.69, 9.17) is 11.6 Å². The highest BCUT2D eigenvalue weighted by Crippen LogP contribution is 2.18. The molecule has 1 N–H and O–H groups in total. The van der Waals surface area contributed by atoms with Gasteiger partial charge in [0.1, 0.15) is 0 Å². The molecule has 94 valence electrons. The summed E-state index contributed by atoms with van der Waals surface area (Å²) < 4.78 is 26.6. The Hall–Kier alpha value is -1.52. The Bertz CT molecular complexity index is 634. The summed E-state index contributed by atoms with van der Waals surface area (Å²) in [7, 11) is -3.55. The van der Waals surface area contributed by atoms with E-state index in [0.29, 0.717) is 10.7 Å². The second-order valence-electron chi connectivity index (χ2n) is 3.93. The van der Waals surface area contributed by atoms with Crippen LogP contribution in [0, 0.1) is 6.92 Å². The van der Waals surface area contributed by atoms with Gasteiger partial charge in [-0.1, -0.05) is 29.3 Å². The van der Waals surface area contributed by atoms with Crippen LogP contribution in [0.25, 0.3) is 0 Å². The van der Waals surface area contributed by atoms with Crippen molar-refractivity contribution in [3.8, 4) is 0 Å². The van der Waals surface area contributed by atoms with Gasteiger partial charge in [0.05, 0.1) is 4.90 Å². The van der Waals surface area contributed by atoms with Gasteiger partial charge in [0.15, 0.2) is 0 Å². The van der Waals surface area contributed by atoms with E-state index in [9.17, 15) is 8.42 Å². The fourth-order valence-corrected chi connectivity index (χ4v) is 2.63. The number of rotatable bonds is 3. The molecule has 0 bridgehead atoms. The fourth-order valence-electron chi connectivity index (χ4n) is 1.45. The van der Waals surface area contributed by atoms with E-state index in [1.54, 1.807) is 24.3 Å². The lowest BCUT2D eigenvalue weighted by molar-refractivity contribution is 0.601. The maximum atomic E-state index is 12.0. The molecule has 3 nitrogen and oxygen atoms in total. The van der Waals surface area contributed by atoms with Crippen molar-refractivity contribution in [1.29, 1.82) is 0 Å². The maximum Gasteiger partial charge on any atom is 0.261 e. The van der Waals surface area contributed by atoms with Gasteiger partial charge >= 0.3 is 0 Å². The number of aryl methyl sites for hydroxylation is 1. The molecule has 2 rings (SSSR count). The first-order valence-electron chi connectivity index (χ1n) is 5.32. The van der Waals surface area contributed by atoms with Gasteiger partial charge in [-0.2, -0.15) is 0 Å². The molecular weight excluding hydrogens is 270 g/mol. The molecule has 0 aliphatic rings. The number of hydrogen-bond acceptors (Lipinski definition) is 2. The van der Waals surface area contributed by atoms with Gasteiger partial charge in [-0.05, 0) is 43.3 Å². The third kappa shape index (κ3) is 3.03. The van der Waals surface area contributed by atoms with E-state index in [-0.39, 0.29) is 4.90 Å². The van der Waals surface area contributed by atoms with Crippen molar-refractivity contribution in [3.05, 3.63) is 59.1 Å². The van der Waals surface area contributed by atoms with Crippen LogP contribution in [0.2, 0.25) is 5.02 Å². The molecule has 18 heavy (non-hydrogen) atoms. The normalized spacial score (nSPS) is 11.2. The molecule has 2 aromatic carbocycles. The SMILES string of the molecule is Cc1ccc(NS(=O)(=O)c2ccc(Cl)cc2)cc1. The van der Waals surface area contributed by atoms with Gasteiger partial charge in [-0.3, -0.25) is 4.72 Å². The van der Waals surface area contributed by atoms with E-state index < -0.39 is 10.0 Å². The highest BCUT2D eigenvalue weighted by Gasteiger charge is 2.13. The van der Waals surface area contributed by atoms with Crippen LogP contribution in [0.1, 0.15) is 5.56 Å². The van der Waals surface area contributed by atoms with Crippen LogP contribution in [0.5, 0.6) is 0 Å². The molecule has 0 heterocycles. The van der Waals surface area contributed by atoms with E-state index in [0.717, 1.165) is 5.56 Å². The predicted molar refractivity (Wildman–Crippen MR) is 73.4 cm³/mol. The summed E-state index contributed by atoms with van der Waals surface area (Å²) in [5, 5.41) is 0.504. The molecule has 0 fully saturated rings. The number of hydrogen-bond donors (Lipinski definition) is 1. The Morgan fingerprint density at radius 2 is 1.50 bits per heavy atom. The average molecular weight is 282 g/mol. The summed E-state index contributed by atoms with van der Waals surface area (Å²) in [6.45, 7) is 1.94. The first kappa shape index (κ1) is 12.9. The van der Waals surface area contributed by atoms with Crippen LogP contribution in [0.3, 0.4) is 0 Å². The van der Waals surface area contributed by atoms with Crippen molar-refractivity contribution in [2.45, 2.75) is 11.8 Å². The molecule has 5 heteroatoms. The van der Waals surface area contributed by atoms with Crippen molar-refractivity contribution in [1.82, 2.24) is 0 Å². The Balaban J connectivity index is 2.27. The molecule has 0 unspecified atom stereocenters. The van der Waals surface area contributed by atoms with Crippen LogP contribution < -0.4 is 4.72 Å². The van der Waals surface area contributed by atoms with Crippen LogP contribution in [0.4, 0.5) is 5.69 Å². The maximum absolute atomic E-state index is 12.0. The summed E-state index contributed by atoms with van der Waals surface area (Å²) >= 11 is 5.72. The molecule has 2 aromatic rings. The zero-order valence-corrected chi connectivity index (χ0v) is 11.3. The fraction of sp³-hybridized carbons (Fsp3) is 0.0769. The molecule has 0 saturated carbocycles. The summed E-state index contributed by atoms with van der Waals surface area (Å²) in [5.74, 6) is 0. The summed E-state index contributed by atoms with van der Waals surface area (Å²) in [5.41, 5.74) is 1.61. The smallest absolute Gasteiger partial charge is 0.261 e. The standard InChI is InChI=1S/C13H12ClNO2S/c1-10-2-6-12(7-3-10)15-18(16,17)13-8-4-11(14)5-9-13/h2-9,15H,1H3. The first-order chi connectivity index (χ1) is 8.47. The highest BCUT2D eigenvalue weighted by molar-refractivity contribution is 7.92. The van der Waals surface area contributed by atoms with Gasteiger partial charge < -0.3 is 0 Å². The first-order valence-corrected chi connectivity index (χ1v) is 7.18. The number of anilines is 1. The minimum Gasteiger partial charge on any atom is -0.280 e. The molecule has 0 atom stereocenters. The van der Waals surface area contributed by atoms with E-state index in [1.807, 2.05) is 19.1 Å². The molecule has 0 amide bonds. The predicted octanol–water partition coefficient (Wildman–Crippen LogP) is 3.45. The zero-order chi connectivity index (χ0) is 13.2. The average Bonchev–Trinajstić information content (AvgIpc) is 2.32. The molecule has 0 aliphatic heterocycles. The zero-order valence-electron chi connectivity index (χ0n) is 9.72. The monoisotopic (exact) mass is 281 g/mol. The highest BCUT2D eigenvalue weighted by atomic mass is 35.5. The third-order valence-corrected chi connectivity index (χ3v) is 4.08. The number of sulfonamides is 1. The summed E-state index contributed by atoms with van der Waals surface area (Å²) in [6, 6.07) is 13.2. The second-order valence-corrected chi connectivity index (χ2v) is 6.04. The van der Waals surface area contributed by atoms with Gasteiger partial charge in [-0.15, -0.1) is 0 Å². The lowest BCUT2D eigenvalue weighted by atomic mass is 10.2. The van der Waals surface area contributed by atoms with Gasteiger partial charge in [0.25, 0.3) is 10.0 Å². The summed E-state index contributed by atoms with van der Waals surface area (Å²) in [4.78, 5) is 0.187. The molecule has 0 radical (unpaired) electrons. The molecule has 0 aromatic heterocycles. The van der Waals surface area contributed by atoms with Crippen LogP contribution in [0.15, 0.2) is 53.4 Å². The van der Waals surface area contributed by atoms with Gasteiger partial charge in [0.2, 0.25) is 0 Å². The van der Waals surface area contributed by atoms with Crippen molar-refractivity contribution in [2.24, 2.45) is 0 Å². The number of benzene rings is 2. The molecule has 0 saturated heterocycles. The van der Waals surface area contributed by atoms with Crippen molar-refractivity contribution in [2.75, 3.05) is 4.72 Å². The van der Waals surface area contributed by atoms with E-state index >= 15 is 0 Å². The second kappa shape index (κ2) is 5.00. The van der Waals surface area contributed by atoms with Crippen LogP contribution >= 0.6 is 11.6 Å². The Morgan fingerprint density at radius 3 is 2.06 bits per heavy atom. The topological polar surface area (TPSA) is 46.2 Å². The minimum atomic E-state index is -3.55.